The van der Waals surface area contributed by atoms with E-state index in [1.54, 1.807) is 0 Å². The molecule has 0 heterocycles. The van der Waals surface area contributed by atoms with E-state index in [9.17, 15) is 18.4 Å². The average Bonchev–Trinajstić information content (AvgIpc) is 2.35. The van der Waals surface area contributed by atoms with Crippen molar-refractivity contribution in [2.45, 2.75) is 6.92 Å². The molecular weight excluding hydrogens is 301 g/mol. The Morgan fingerprint density at radius 2 is 1.95 bits per heavy atom. The minimum Gasteiger partial charge on any atom is -0.462 e. The molecule has 1 aromatic rings. The summed E-state index contributed by atoms with van der Waals surface area (Å²) in [7, 11) is 0. The molecule has 7 heteroatoms. The molecule has 0 aromatic heterocycles. The Bertz CT molecular complexity index is 571. The molecule has 0 saturated heterocycles. The molecule has 0 bridgehead atoms. The van der Waals surface area contributed by atoms with Crippen LogP contribution in [-0.2, 0) is 9.53 Å². The summed E-state index contributed by atoms with van der Waals surface area (Å²) in [4.78, 5) is 23.1. The largest absolute Gasteiger partial charge is 0.462 e. The predicted molar refractivity (Wildman–Crippen MR) is 66.5 cm³/mol. The Balaban J connectivity index is 3.25. The maximum atomic E-state index is 13.6. The van der Waals surface area contributed by atoms with Gasteiger partial charge < -0.3 is 4.74 Å². The summed E-state index contributed by atoms with van der Waals surface area (Å²) < 4.78 is 31.6. The van der Waals surface area contributed by atoms with Crippen molar-refractivity contribution in [3.63, 3.8) is 0 Å². The number of ketones is 1. The van der Waals surface area contributed by atoms with Crippen LogP contribution in [0.4, 0.5) is 8.78 Å². The standard InChI is InChI=1S/C12H8Cl2F2O3/c1-3-19-12(18)5(2)11(17)8-7(15)4-6(13)10(16)9(8)14/h4H,2-3H2,1H3. The molecule has 0 N–H and O–H groups in total. The summed E-state index contributed by atoms with van der Waals surface area (Å²) in [6.07, 6.45) is 0. The zero-order valence-electron chi connectivity index (χ0n) is 9.73. The van der Waals surface area contributed by atoms with E-state index in [4.69, 9.17) is 23.2 Å². The molecule has 0 aliphatic carbocycles. The van der Waals surface area contributed by atoms with E-state index in [0.717, 1.165) is 0 Å². The van der Waals surface area contributed by atoms with Gasteiger partial charge in [0.15, 0.2) is 5.82 Å². The maximum Gasteiger partial charge on any atom is 0.341 e. The van der Waals surface area contributed by atoms with E-state index in [1.807, 2.05) is 0 Å². The third-order valence-corrected chi connectivity index (χ3v) is 2.77. The number of Topliss-reactive ketones (excluding diaryl/α,β-unsaturated/α-hetero) is 1. The lowest BCUT2D eigenvalue weighted by Gasteiger charge is -2.08. The number of carbonyl (C=O) groups excluding carboxylic acids is 2. The van der Waals surface area contributed by atoms with E-state index < -0.39 is 44.6 Å². The summed E-state index contributed by atoms with van der Waals surface area (Å²) in [5, 5.41) is -1.37. The molecule has 19 heavy (non-hydrogen) atoms. The van der Waals surface area contributed by atoms with Crippen LogP contribution in [0, 0.1) is 11.6 Å². The highest BCUT2D eigenvalue weighted by Gasteiger charge is 2.27. The first-order valence-corrected chi connectivity index (χ1v) is 5.80. The molecule has 0 spiro atoms. The lowest BCUT2D eigenvalue weighted by atomic mass is 10.0. The van der Waals surface area contributed by atoms with Crippen LogP contribution in [0.15, 0.2) is 18.2 Å². The molecule has 0 radical (unpaired) electrons. The Morgan fingerprint density at radius 1 is 1.37 bits per heavy atom. The van der Waals surface area contributed by atoms with Crippen molar-refractivity contribution in [3.05, 3.63) is 45.5 Å². The van der Waals surface area contributed by atoms with Crippen LogP contribution in [-0.4, -0.2) is 18.4 Å². The number of carbonyl (C=O) groups is 2. The second-order valence-corrected chi connectivity index (χ2v) is 4.16. The van der Waals surface area contributed by atoms with Gasteiger partial charge in [-0.3, -0.25) is 4.79 Å². The summed E-state index contributed by atoms with van der Waals surface area (Å²) in [5.74, 6) is -4.48. The van der Waals surface area contributed by atoms with E-state index in [1.165, 1.54) is 6.92 Å². The van der Waals surface area contributed by atoms with Crippen molar-refractivity contribution >= 4 is 35.0 Å². The van der Waals surface area contributed by atoms with Crippen LogP contribution in [0.1, 0.15) is 17.3 Å². The Kier molecular flexibility index (Phi) is 5.03. The molecule has 102 valence electrons. The molecule has 1 aromatic carbocycles. The van der Waals surface area contributed by atoms with Crippen LogP contribution in [0.2, 0.25) is 10.0 Å². The van der Waals surface area contributed by atoms with Gasteiger partial charge in [0.05, 0.1) is 22.2 Å². The second-order valence-electron chi connectivity index (χ2n) is 3.37. The van der Waals surface area contributed by atoms with Crippen molar-refractivity contribution in [1.29, 1.82) is 0 Å². The fraction of sp³-hybridized carbons (Fsp3) is 0.167. The van der Waals surface area contributed by atoms with E-state index in [0.29, 0.717) is 6.07 Å². The van der Waals surface area contributed by atoms with Crippen molar-refractivity contribution in [2.75, 3.05) is 6.61 Å². The molecular formula is C12H8Cl2F2O3. The van der Waals surface area contributed by atoms with Crippen LogP contribution in [0.3, 0.4) is 0 Å². The number of benzene rings is 1. The molecule has 0 amide bonds. The lowest BCUT2D eigenvalue weighted by molar-refractivity contribution is -0.138. The maximum absolute atomic E-state index is 13.6. The summed E-state index contributed by atoms with van der Waals surface area (Å²) in [6, 6.07) is 0.592. The highest BCUT2D eigenvalue weighted by atomic mass is 35.5. The van der Waals surface area contributed by atoms with Crippen LogP contribution < -0.4 is 0 Å². The van der Waals surface area contributed by atoms with Crippen LogP contribution >= 0.6 is 23.2 Å². The molecule has 0 unspecified atom stereocenters. The predicted octanol–water partition coefficient (Wildman–Crippen LogP) is 3.57. The van der Waals surface area contributed by atoms with Gasteiger partial charge in [0.1, 0.15) is 11.4 Å². The van der Waals surface area contributed by atoms with Crippen molar-refractivity contribution in [3.8, 4) is 0 Å². The van der Waals surface area contributed by atoms with Gasteiger partial charge in [0.2, 0.25) is 5.78 Å². The zero-order valence-corrected chi connectivity index (χ0v) is 11.2. The van der Waals surface area contributed by atoms with Gasteiger partial charge in [-0.25, -0.2) is 13.6 Å². The van der Waals surface area contributed by atoms with E-state index in [2.05, 4.69) is 11.3 Å². The molecule has 0 atom stereocenters. The monoisotopic (exact) mass is 308 g/mol. The Morgan fingerprint density at radius 3 is 2.47 bits per heavy atom. The number of halogens is 4. The summed E-state index contributed by atoms with van der Waals surface area (Å²) >= 11 is 10.9. The van der Waals surface area contributed by atoms with Gasteiger partial charge in [-0.05, 0) is 13.0 Å². The Hall–Kier alpha value is -1.46. The molecule has 3 nitrogen and oxygen atoms in total. The molecule has 0 aliphatic rings. The van der Waals surface area contributed by atoms with Gasteiger partial charge in [-0.1, -0.05) is 29.8 Å². The van der Waals surface area contributed by atoms with Gasteiger partial charge >= 0.3 is 5.97 Å². The quantitative estimate of drug-likeness (QED) is 0.162. The number of rotatable bonds is 4. The topological polar surface area (TPSA) is 43.4 Å². The third kappa shape index (κ3) is 3.11. The SMILES string of the molecule is C=C(C(=O)OCC)C(=O)c1c(F)cc(Cl)c(F)c1Cl. The van der Waals surface area contributed by atoms with E-state index in [-0.39, 0.29) is 6.61 Å². The highest BCUT2D eigenvalue weighted by Crippen LogP contribution is 2.30. The fourth-order valence-corrected chi connectivity index (χ4v) is 1.75. The van der Waals surface area contributed by atoms with Gasteiger partial charge in [0, 0.05) is 0 Å². The average molecular weight is 309 g/mol. The number of hydrogen-bond donors (Lipinski definition) is 0. The summed E-state index contributed by atoms with van der Waals surface area (Å²) in [6.45, 7) is 4.71. The second kappa shape index (κ2) is 6.12. The molecule has 0 fully saturated rings. The van der Waals surface area contributed by atoms with E-state index >= 15 is 0 Å². The normalized spacial score (nSPS) is 10.2. The minimum absolute atomic E-state index is 0.0102. The first-order chi connectivity index (χ1) is 8.81. The molecule has 0 aliphatic heterocycles. The first-order valence-electron chi connectivity index (χ1n) is 5.04. The van der Waals surface area contributed by atoms with Crippen LogP contribution in [0.5, 0.6) is 0 Å². The smallest absolute Gasteiger partial charge is 0.341 e. The molecule has 1 rings (SSSR count). The minimum atomic E-state index is -1.16. The first kappa shape index (κ1) is 15.6. The Labute approximate surface area is 117 Å². The molecule has 0 saturated carbocycles. The third-order valence-electron chi connectivity index (χ3n) is 2.14. The van der Waals surface area contributed by atoms with Crippen molar-refractivity contribution < 1.29 is 23.1 Å². The number of hydrogen-bond acceptors (Lipinski definition) is 3. The van der Waals surface area contributed by atoms with Crippen LogP contribution in [0.25, 0.3) is 0 Å². The van der Waals surface area contributed by atoms with Crippen molar-refractivity contribution in [1.82, 2.24) is 0 Å². The van der Waals surface area contributed by atoms with Gasteiger partial charge in [-0.15, -0.1) is 0 Å². The fourth-order valence-electron chi connectivity index (χ4n) is 1.24. The van der Waals surface area contributed by atoms with Crippen molar-refractivity contribution in [2.24, 2.45) is 0 Å². The van der Waals surface area contributed by atoms with Gasteiger partial charge in [-0.2, -0.15) is 0 Å². The van der Waals surface area contributed by atoms with Gasteiger partial charge in [0.25, 0.3) is 0 Å². The lowest BCUT2D eigenvalue weighted by Crippen LogP contribution is -2.17. The summed E-state index contributed by atoms with van der Waals surface area (Å²) in [5.41, 5.74) is -1.45. The zero-order chi connectivity index (χ0) is 14.7. The number of ether oxygens (including phenoxy) is 1. The number of esters is 1. The highest BCUT2D eigenvalue weighted by molar-refractivity contribution is 6.39.